The lowest BCUT2D eigenvalue weighted by Crippen LogP contribution is -2.14. The van der Waals surface area contributed by atoms with Gasteiger partial charge in [-0.05, 0) is 0 Å². The molecule has 90 valence electrons. The molecule has 1 heterocycles. The number of nitrogens with zero attached hydrogens (tertiary/aromatic N) is 3. The van der Waals surface area contributed by atoms with Crippen molar-refractivity contribution >= 4 is 21.4 Å². The molecule has 0 radical (unpaired) electrons. The van der Waals surface area contributed by atoms with E-state index in [1.807, 2.05) is 0 Å². The molecule has 0 amide bonds. The van der Waals surface area contributed by atoms with Gasteiger partial charge < -0.3 is 9.47 Å². The van der Waals surface area contributed by atoms with E-state index in [0.717, 1.165) is 0 Å². The van der Waals surface area contributed by atoms with E-state index in [1.165, 1.54) is 14.2 Å². The maximum Gasteiger partial charge on any atom is 0.323 e. The highest BCUT2D eigenvalue weighted by atomic mass is 35.5. The van der Waals surface area contributed by atoms with Crippen molar-refractivity contribution in [3.63, 3.8) is 0 Å². The number of sulfone groups is 1. The van der Waals surface area contributed by atoms with Gasteiger partial charge in [0.15, 0.2) is 0 Å². The largest absolute Gasteiger partial charge is 0.467 e. The van der Waals surface area contributed by atoms with Crippen LogP contribution in [0.1, 0.15) is 0 Å². The normalized spacial score (nSPS) is 11.2. The van der Waals surface area contributed by atoms with Crippen molar-refractivity contribution in [2.45, 2.75) is 5.16 Å². The molecule has 1 aromatic rings. The van der Waals surface area contributed by atoms with Crippen LogP contribution in [0.15, 0.2) is 5.16 Å². The maximum absolute atomic E-state index is 11.6. The van der Waals surface area contributed by atoms with Crippen molar-refractivity contribution in [2.75, 3.05) is 25.9 Å². The Morgan fingerprint density at radius 2 is 1.62 bits per heavy atom. The smallest absolute Gasteiger partial charge is 0.323 e. The van der Waals surface area contributed by atoms with Gasteiger partial charge in [-0.3, -0.25) is 0 Å². The molecule has 0 aliphatic carbocycles. The molecule has 1 aromatic heterocycles. The van der Waals surface area contributed by atoms with Crippen LogP contribution < -0.4 is 9.47 Å². The Kier molecular flexibility index (Phi) is 4.25. The van der Waals surface area contributed by atoms with Gasteiger partial charge in [-0.2, -0.15) is 9.97 Å². The molecule has 0 spiro atoms. The molecular weight excluding hydrogens is 258 g/mol. The van der Waals surface area contributed by atoms with E-state index in [2.05, 4.69) is 15.0 Å². The Balaban J connectivity index is 3.23. The molecule has 0 aromatic carbocycles. The first-order chi connectivity index (χ1) is 7.53. The van der Waals surface area contributed by atoms with E-state index < -0.39 is 15.0 Å². The highest BCUT2D eigenvalue weighted by Gasteiger charge is 2.20. The Bertz CT molecular complexity index is 442. The fourth-order valence-corrected chi connectivity index (χ4v) is 2.26. The number of halogens is 1. The number of ether oxygens (including phenoxy) is 2. The van der Waals surface area contributed by atoms with Crippen LogP contribution in [0.2, 0.25) is 0 Å². The molecule has 0 saturated heterocycles. The predicted octanol–water partition coefficient (Wildman–Crippen LogP) is -0.0987. The first kappa shape index (κ1) is 12.9. The maximum atomic E-state index is 11.6. The van der Waals surface area contributed by atoms with E-state index in [1.54, 1.807) is 0 Å². The van der Waals surface area contributed by atoms with Crippen molar-refractivity contribution in [1.29, 1.82) is 0 Å². The summed E-state index contributed by atoms with van der Waals surface area (Å²) in [6.07, 6.45) is 0. The molecule has 7 nitrogen and oxygen atoms in total. The number of alkyl halides is 1. The molecule has 0 N–H and O–H groups in total. The number of hydrogen-bond donors (Lipinski definition) is 0. The fraction of sp³-hybridized carbons (Fsp3) is 0.571. The second-order valence-electron chi connectivity index (χ2n) is 2.60. The van der Waals surface area contributed by atoms with Crippen LogP contribution in [-0.4, -0.2) is 49.2 Å². The lowest BCUT2D eigenvalue weighted by atomic mass is 10.9. The average Bonchev–Trinajstić information content (AvgIpc) is 2.28. The lowest BCUT2D eigenvalue weighted by Gasteiger charge is -2.04. The van der Waals surface area contributed by atoms with Crippen LogP contribution in [0.5, 0.6) is 12.0 Å². The zero-order valence-corrected chi connectivity index (χ0v) is 10.2. The summed E-state index contributed by atoms with van der Waals surface area (Å²) < 4.78 is 32.7. The third kappa shape index (κ3) is 2.92. The molecule has 0 fully saturated rings. The SMILES string of the molecule is COc1nc(OC)nc(S(=O)(=O)CCCl)n1. The monoisotopic (exact) mass is 267 g/mol. The van der Waals surface area contributed by atoms with Crippen LogP contribution in [0.25, 0.3) is 0 Å². The van der Waals surface area contributed by atoms with Crippen LogP contribution in [-0.2, 0) is 9.84 Å². The number of rotatable bonds is 5. The zero-order chi connectivity index (χ0) is 12.2. The molecular formula is C7H10ClN3O4S. The summed E-state index contributed by atoms with van der Waals surface area (Å²) in [7, 11) is -1.01. The van der Waals surface area contributed by atoms with Crippen molar-refractivity contribution < 1.29 is 17.9 Å². The van der Waals surface area contributed by atoms with Crippen LogP contribution >= 0.6 is 11.6 Å². The van der Waals surface area contributed by atoms with Gasteiger partial charge >= 0.3 is 12.0 Å². The van der Waals surface area contributed by atoms with Gasteiger partial charge in [-0.15, -0.1) is 16.6 Å². The predicted molar refractivity (Wildman–Crippen MR) is 55.7 cm³/mol. The summed E-state index contributed by atoms with van der Waals surface area (Å²) in [6, 6.07) is -0.250. The second-order valence-corrected chi connectivity index (χ2v) is 4.98. The first-order valence-corrected chi connectivity index (χ1v) is 6.35. The van der Waals surface area contributed by atoms with Crippen LogP contribution in [0, 0.1) is 0 Å². The fourth-order valence-electron chi connectivity index (χ4n) is 0.835. The Morgan fingerprint density at radius 3 is 2.00 bits per heavy atom. The van der Waals surface area contributed by atoms with Crippen molar-refractivity contribution in [1.82, 2.24) is 15.0 Å². The lowest BCUT2D eigenvalue weighted by molar-refractivity contribution is 0.330. The number of methoxy groups -OCH3 is 2. The standard InChI is InChI=1S/C7H10ClN3O4S/c1-14-5-9-6(15-2)11-7(10-5)16(12,13)4-3-8/h3-4H2,1-2H3. The highest BCUT2D eigenvalue weighted by Crippen LogP contribution is 2.13. The Hall–Kier alpha value is -1.15. The van der Waals surface area contributed by atoms with Crippen molar-refractivity contribution in [2.24, 2.45) is 0 Å². The van der Waals surface area contributed by atoms with Gasteiger partial charge in [-0.1, -0.05) is 0 Å². The second kappa shape index (κ2) is 5.26. The molecule has 0 bridgehead atoms. The molecule has 0 unspecified atom stereocenters. The van der Waals surface area contributed by atoms with Crippen LogP contribution in [0.3, 0.4) is 0 Å². The quantitative estimate of drug-likeness (QED) is 0.688. The van der Waals surface area contributed by atoms with E-state index >= 15 is 0 Å². The summed E-state index contributed by atoms with van der Waals surface area (Å²) in [5.41, 5.74) is 0. The van der Waals surface area contributed by atoms with E-state index in [0.29, 0.717) is 0 Å². The van der Waals surface area contributed by atoms with Gasteiger partial charge in [0, 0.05) is 5.88 Å². The van der Waals surface area contributed by atoms with E-state index in [4.69, 9.17) is 21.1 Å². The number of hydrogen-bond acceptors (Lipinski definition) is 7. The highest BCUT2D eigenvalue weighted by molar-refractivity contribution is 7.91. The van der Waals surface area contributed by atoms with Gasteiger partial charge in [0.25, 0.3) is 5.16 Å². The Labute approximate surface area is 97.7 Å². The summed E-state index contributed by atoms with van der Waals surface area (Å²) in [5.74, 6) is -0.302. The summed E-state index contributed by atoms with van der Waals surface area (Å²) in [4.78, 5) is 10.9. The van der Waals surface area contributed by atoms with Gasteiger partial charge in [0.2, 0.25) is 9.84 Å². The Morgan fingerprint density at radius 1 is 1.12 bits per heavy atom. The third-order valence-electron chi connectivity index (χ3n) is 1.56. The molecule has 0 saturated carbocycles. The van der Waals surface area contributed by atoms with Gasteiger partial charge in [-0.25, -0.2) is 8.42 Å². The minimum atomic E-state index is -3.63. The zero-order valence-electron chi connectivity index (χ0n) is 8.68. The van der Waals surface area contributed by atoms with E-state index in [-0.39, 0.29) is 23.7 Å². The third-order valence-corrected chi connectivity index (χ3v) is 3.46. The average molecular weight is 268 g/mol. The topological polar surface area (TPSA) is 91.3 Å². The van der Waals surface area contributed by atoms with E-state index in [9.17, 15) is 8.42 Å². The molecule has 1 rings (SSSR count). The summed E-state index contributed by atoms with van der Waals surface area (Å²) in [5, 5.41) is -0.406. The van der Waals surface area contributed by atoms with Crippen molar-refractivity contribution in [3.05, 3.63) is 0 Å². The summed E-state index contributed by atoms with van der Waals surface area (Å²) >= 11 is 5.37. The molecule has 0 aliphatic rings. The molecule has 9 heteroatoms. The van der Waals surface area contributed by atoms with Gasteiger partial charge in [0.05, 0.1) is 20.0 Å². The molecule has 16 heavy (non-hydrogen) atoms. The number of aromatic nitrogens is 3. The van der Waals surface area contributed by atoms with Crippen LogP contribution in [0.4, 0.5) is 0 Å². The minimum Gasteiger partial charge on any atom is -0.467 e. The van der Waals surface area contributed by atoms with Crippen molar-refractivity contribution in [3.8, 4) is 12.0 Å². The molecule has 0 atom stereocenters. The van der Waals surface area contributed by atoms with Gasteiger partial charge in [0.1, 0.15) is 0 Å². The summed E-state index contributed by atoms with van der Waals surface area (Å²) in [6.45, 7) is 0. The first-order valence-electron chi connectivity index (χ1n) is 4.16. The minimum absolute atomic E-state index is 0.0430. The molecule has 0 aliphatic heterocycles.